The van der Waals surface area contributed by atoms with Crippen LogP contribution in [0.2, 0.25) is 5.02 Å². The van der Waals surface area contributed by atoms with E-state index >= 15 is 0 Å². The van der Waals surface area contributed by atoms with Gasteiger partial charge in [-0.15, -0.1) is 10.2 Å². The lowest BCUT2D eigenvalue weighted by molar-refractivity contribution is 0.0694. The molecule has 1 aromatic carbocycles. The van der Waals surface area contributed by atoms with Gasteiger partial charge >= 0.3 is 0 Å². The van der Waals surface area contributed by atoms with E-state index in [4.69, 9.17) is 11.6 Å². The monoisotopic (exact) mass is 290 g/mol. The van der Waals surface area contributed by atoms with Crippen molar-refractivity contribution >= 4 is 17.5 Å². The second-order valence-corrected chi connectivity index (χ2v) is 5.32. The average molecular weight is 291 g/mol. The van der Waals surface area contributed by atoms with Crippen LogP contribution in [-0.4, -0.2) is 38.7 Å². The van der Waals surface area contributed by atoms with Crippen molar-refractivity contribution in [3.05, 3.63) is 47.5 Å². The Labute approximate surface area is 122 Å². The summed E-state index contributed by atoms with van der Waals surface area (Å²) in [7, 11) is 0. The molecule has 1 saturated heterocycles. The van der Waals surface area contributed by atoms with Crippen LogP contribution in [0.4, 0.5) is 0 Å². The van der Waals surface area contributed by atoms with Gasteiger partial charge < -0.3 is 9.47 Å². The number of hydrogen-bond acceptors (Lipinski definition) is 3. The van der Waals surface area contributed by atoms with Crippen LogP contribution in [0.15, 0.2) is 36.9 Å². The maximum Gasteiger partial charge on any atom is 0.255 e. The van der Waals surface area contributed by atoms with Crippen molar-refractivity contribution < 1.29 is 4.79 Å². The van der Waals surface area contributed by atoms with Crippen molar-refractivity contribution in [1.82, 2.24) is 19.7 Å². The van der Waals surface area contributed by atoms with E-state index in [1.165, 1.54) is 0 Å². The number of hydrogen-bond donors (Lipinski definition) is 0. The van der Waals surface area contributed by atoms with E-state index < -0.39 is 0 Å². The Balaban J connectivity index is 1.66. The highest BCUT2D eigenvalue weighted by Gasteiger charge is 2.25. The molecule has 3 rings (SSSR count). The molecule has 0 radical (unpaired) electrons. The van der Waals surface area contributed by atoms with Crippen molar-refractivity contribution in [3.8, 4) is 0 Å². The second-order valence-electron chi connectivity index (χ2n) is 4.91. The Kier molecular flexibility index (Phi) is 3.69. The molecule has 0 saturated carbocycles. The normalized spacial score (nSPS) is 16.4. The van der Waals surface area contributed by atoms with E-state index in [1.807, 2.05) is 21.6 Å². The number of halogens is 1. The minimum atomic E-state index is 0.0119. The molecular weight excluding hydrogens is 276 g/mol. The number of carbonyl (C=O) groups is 1. The molecule has 0 atom stereocenters. The Morgan fingerprint density at radius 1 is 1.15 bits per heavy atom. The standard InChI is InChI=1S/C14H15ClN4O/c15-13-4-2-1-3-12(13)14(20)18-7-5-11(6-8-18)19-9-16-17-10-19/h1-4,9-11H,5-8H2. The van der Waals surface area contributed by atoms with Crippen LogP contribution in [0.25, 0.3) is 0 Å². The topological polar surface area (TPSA) is 51.0 Å². The van der Waals surface area contributed by atoms with Gasteiger partial charge in [-0.3, -0.25) is 4.79 Å². The van der Waals surface area contributed by atoms with Gasteiger partial charge in [0.2, 0.25) is 0 Å². The minimum Gasteiger partial charge on any atom is -0.338 e. The van der Waals surface area contributed by atoms with Crippen LogP contribution in [0.5, 0.6) is 0 Å². The number of carbonyl (C=O) groups excluding carboxylic acids is 1. The lowest BCUT2D eigenvalue weighted by atomic mass is 10.0. The zero-order chi connectivity index (χ0) is 13.9. The van der Waals surface area contributed by atoms with Crippen molar-refractivity contribution in [2.24, 2.45) is 0 Å². The van der Waals surface area contributed by atoms with E-state index in [9.17, 15) is 4.79 Å². The van der Waals surface area contributed by atoms with Gasteiger partial charge in [-0.2, -0.15) is 0 Å². The molecule has 104 valence electrons. The third-order valence-electron chi connectivity index (χ3n) is 3.71. The third-order valence-corrected chi connectivity index (χ3v) is 4.04. The van der Waals surface area contributed by atoms with E-state index in [2.05, 4.69) is 10.2 Å². The Hall–Kier alpha value is -1.88. The van der Waals surface area contributed by atoms with E-state index in [0.717, 1.165) is 25.9 Å². The molecule has 0 bridgehead atoms. The predicted octanol–water partition coefficient (Wildman–Crippen LogP) is 2.41. The molecule has 0 N–H and O–H groups in total. The van der Waals surface area contributed by atoms with Crippen molar-refractivity contribution in [1.29, 1.82) is 0 Å². The number of piperidine rings is 1. The van der Waals surface area contributed by atoms with Gasteiger partial charge in [-0.25, -0.2) is 0 Å². The molecule has 0 spiro atoms. The first kappa shape index (κ1) is 13.1. The Morgan fingerprint density at radius 3 is 2.45 bits per heavy atom. The fourth-order valence-corrected chi connectivity index (χ4v) is 2.79. The third kappa shape index (κ3) is 2.54. The lowest BCUT2D eigenvalue weighted by Gasteiger charge is -2.32. The van der Waals surface area contributed by atoms with E-state index in [1.54, 1.807) is 24.8 Å². The van der Waals surface area contributed by atoms with Crippen LogP contribution >= 0.6 is 11.6 Å². The molecule has 2 aromatic rings. The molecule has 1 amide bonds. The van der Waals surface area contributed by atoms with Gasteiger partial charge in [-0.05, 0) is 25.0 Å². The highest BCUT2D eigenvalue weighted by atomic mass is 35.5. The summed E-state index contributed by atoms with van der Waals surface area (Å²) in [5, 5.41) is 8.16. The van der Waals surface area contributed by atoms with Gasteiger partial charge in [-0.1, -0.05) is 23.7 Å². The fraction of sp³-hybridized carbons (Fsp3) is 0.357. The summed E-state index contributed by atoms with van der Waals surface area (Å²) in [5.41, 5.74) is 0.580. The molecule has 20 heavy (non-hydrogen) atoms. The molecule has 1 aromatic heterocycles. The zero-order valence-corrected chi connectivity index (χ0v) is 11.7. The smallest absolute Gasteiger partial charge is 0.255 e. The minimum absolute atomic E-state index is 0.0119. The summed E-state index contributed by atoms with van der Waals surface area (Å²) in [4.78, 5) is 14.3. The summed E-state index contributed by atoms with van der Waals surface area (Å²) >= 11 is 6.08. The summed E-state index contributed by atoms with van der Waals surface area (Å²) in [6.45, 7) is 1.46. The van der Waals surface area contributed by atoms with Crippen molar-refractivity contribution in [2.75, 3.05) is 13.1 Å². The zero-order valence-electron chi connectivity index (χ0n) is 10.9. The van der Waals surface area contributed by atoms with Crippen LogP contribution in [0.1, 0.15) is 29.2 Å². The number of rotatable bonds is 2. The second kappa shape index (κ2) is 5.63. The van der Waals surface area contributed by atoms with E-state index in [-0.39, 0.29) is 5.91 Å². The summed E-state index contributed by atoms with van der Waals surface area (Å²) < 4.78 is 2.01. The summed E-state index contributed by atoms with van der Waals surface area (Å²) in [5.74, 6) is 0.0119. The summed E-state index contributed by atoms with van der Waals surface area (Å²) in [6.07, 6.45) is 5.29. The fourth-order valence-electron chi connectivity index (χ4n) is 2.57. The average Bonchev–Trinajstić information content (AvgIpc) is 3.01. The van der Waals surface area contributed by atoms with E-state index in [0.29, 0.717) is 16.6 Å². The molecule has 0 unspecified atom stereocenters. The Morgan fingerprint density at radius 2 is 1.80 bits per heavy atom. The van der Waals surface area contributed by atoms with Gasteiger partial charge in [0, 0.05) is 19.1 Å². The van der Waals surface area contributed by atoms with Gasteiger partial charge in [0.15, 0.2) is 0 Å². The van der Waals surface area contributed by atoms with Crippen molar-refractivity contribution in [3.63, 3.8) is 0 Å². The van der Waals surface area contributed by atoms with Crippen LogP contribution in [0, 0.1) is 0 Å². The first-order chi connectivity index (χ1) is 9.75. The Bertz CT molecular complexity index is 591. The number of nitrogens with zero attached hydrogens (tertiary/aromatic N) is 4. The number of benzene rings is 1. The number of amides is 1. The molecule has 5 nitrogen and oxygen atoms in total. The maximum atomic E-state index is 12.4. The van der Waals surface area contributed by atoms with Crippen LogP contribution < -0.4 is 0 Å². The van der Waals surface area contributed by atoms with Gasteiger partial charge in [0.25, 0.3) is 5.91 Å². The SMILES string of the molecule is O=C(c1ccccc1Cl)N1CCC(n2cnnc2)CC1. The molecule has 1 aliphatic rings. The quantitative estimate of drug-likeness (QED) is 0.853. The molecular formula is C14H15ClN4O. The maximum absolute atomic E-state index is 12.4. The largest absolute Gasteiger partial charge is 0.338 e. The van der Waals surface area contributed by atoms with Crippen molar-refractivity contribution in [2.45, 2.75) is 18.9 Å². The lowest BCUT2D eigenvalue weighted by Crippen LogP contribution is -2.39. The number of likely N-dealkylation sites (tertiary alicyclic amines) is 1. The molecule has 6 heteroatoms. The molecule has 1 aliphatic heterocycles. The van der Waals surface area contributed by atoms with Crippen LogP contribution in [-0.2, 0) is 0 Å². The first-order valence-corrected chi connectivity index (χ1v) is 7.01. The predicted molar refractivity (Wildman–Crippen MR) is 75.6 cm³/mol. The highest BCUT2D eigenvalue weighted by Crippen LogP contribution is 2.24. The summed E-state index contributed by atoms with van der Waals surface area (Å²) in [6, 6.07) is 7.57. The molecule has 1 fully saturated rings. The van der Waals surface area contributed by atoms with Gasteiger partial charge in [0.1, 0.15) is 12.7 Å². The highest BCUT2D eigenvalue weighted by molar-refractivity contribution is 6.33. The first-order valence-electron chi connectivity index (χ1n) is 6.63. The van der Waals surface area contributed by atoms with Crippen LogP contribution in [0.3, 0.4) is 0 Å². The molecule has 0 aliphatic carbocycles. The van der Waals surface area contributed by atoms with Gasteiger partial charge in [0.05, 0.1) is 10.6 Å². The number of aromatic nitrogens is 3. The molecule has 2 heterocycles.